The van der Waals surface area contributed by atoms with Crippen molar-refractivity contribution in [3.8, 4) is 5.75 Å². The number of hydrogen-bond donors (Lipinski definition) is 2. The summed E-state index contributed by atoms with van der Waals surface area (Å²) in [6.45, 7) is 4.01. The highest BCUT2D eigenvalue weighted by Gasteiger charge is 2.17. The van der Waals surface area contributed by atoms with E-state index < -0.39 is 0 Å². The summed E-state index contributed by atoms with van der Waals surface area (Å²) in [6, 6.07) is 15.8. The summed E-state index contributed by atoms with van der Waals surface area (Å²) in [5.41, 5.74) is 2.87. The molecule has 1 saturated carbocycles. The number of amides is 1. The molecule has 31 heavy (non-hydrogen) atoms. The third-order valence-corrected chi connectivity index (χ3v) is 5.39. The van der Waals surface area contributed by atoms with E-state index in [9.17, 15) is 4.79 Å². The molecule has 1 fully saturated rings. The van der Waals surface area contributed by atoms with Gasteiger partial charge in [-0.05, 0) is 56.4 Å². The zero-order valence-electron chi connectivity index (χ0n) is 18.9. The third-order valence-electron chi connectivity index (χ3n) is 5.39. The number of carbonyl (C=O) groups is 1. The first-order valence-electron chi connectivity index (χ1n) is 11.1. The first kappa shape index (κ1) is 22.7. The Morgan fingerprint density at radius 2 is 1.77 bits per heavy atom. The molecule has 0 aliphatic heterocycles. The molecular formula is C25H34N4O2. The van der Waals surface area contributed by atoms with Crippen molar-refractivity contribution in [3.63, 3.8) is 0 Å². The van der Waals surface area contributed by atoms with E-state index >= 15 is 0 Å². The fraction of sp³-hybridized carbons (Fsp3) is 0.440. The van der Waals surface area contributed by atoms with Gasteiger partial charge in [0.25, 0.3) is 5.91 Å². The van der Waals surface area contributed by atoms with Crippen LogP contribution in [0.1, 0.15) is 54.1 Å². The highest BCUT2D eigenvalue weighted by Crippen LogP contribution is 2.26. The number of hydrogen-bond acceptors (Lipinski definition) is 3. The predicted octanol–water partition coefficient (Wildman–Crippen LogP) is 3.97. The van der Waals surface area contributed by atoms with Crippen LogP contribution < -0.4 is 15.4 Å². The molecule has 6 heteroatoms. The van der Waals surface area contributed by atoms with Gasteiger partial charge in [-0.15, -0.1) is 0 Å². The van der Waals surface area contributed by atoms with E-state index in [2.05, 4.69) is 29.7 Å². The van der Waals surface area contributed by atoms with Gasteiger partial charge in [0, 0.05) is 38.3 Å². The van der Waals surface area contributed by atoms with Crippen LogP contribution in [0.5, 0.6) is 5.75 Å². The van der Waals surface area contributed by atoms with Gasteiger partial charge in [0.05, 0.1) is 12.6 Å². The molecule has 0 spiro atoms. The Hall–Kier alpha value is -3.02. The minimum atomic E-state index is 0.00328. The zero-order chi connectivity index (χ0) is 22.1. The lowest BCUT2D eigenvalue weighted by Gasteiger charge is -2.18. The maximum Gasteiger partial charge on any atom is 0.253 e. The topological polar surface area (TPSA) is 66.0 Å². The van der Waals surface area contributed by atoms with Crippen molar-refractivity contribution in [1.29, 1.82) is 0 Å². The third kappa shape index (κ3) is 6.74. The molecule has 2 N–H and O–H groups in total. The first-order valence-corrected chi connectivity index (χ1v) is 11.1. The number of nitrogens with zero attached hydrogens (tertiary/aromatic N) is 2. The van der Waals surface area contributed by atoms with Gasteiger partial charge >= 0.3 is 0 Å². The molecule has 2 aromatic carbocycles. The van der Waals surface area contributed by atoms with Crippen molar-refractivity contribution < 1.29 is 9.53 Å². The highest BCUT2D eigenvalue weighted by molar-refractivity contribution is 5.93. The Bertz CT molecular complexity index is 871. The lowest BCUT2D eigenvalue weighted by Crippen LogP contribution is -2.36. The van der Waals surface area contributed by atoms with Crippen LogP contribution in [0, 0.1) is 0 Å². The molecule has 6 nitrogen and oxygen atoms in total. The number of carbonyl (C=O) groups excluding carboxylic acids is 1. The fourth-order valence-corrected chi connectivity index (χ4v) is 3.65. The van der Waals surface area contributed by atoms with Crippen molar-refractivity contribution in [2.75, 3.05) is 20.6 Å². The Labute approximate surface area is 185 Å². The van der Waals surface area contributed by atoms with Gasteiger partial charge in [-0.1, -0.05) is 30.3 Å². The van der Waals surface area contributed by atoms with Crippen LogP contribution in [0.2, 0.25) is 0 Å². The quantitative estimate of drug-likeness (QED) is 0.499. The van der Waals surface area contributed by atoms with Crippen LogP contribution in [0.3, 0.4) is 0 Å². The number of rotatable bonds is 8. The average molecular weight is 423 g/mol. The van der Waals surface area contributed by atoms with Crippen molar-refractivity contribution in [2.45, 2.75) is 51.8 Å². The van der Waals surface area contributed by atoms with Gasteiger partial charge in [0.15, 0.2) is 5.96 Å². The van der Waals surface area contributed by atoms with Crippen LogP contribution in [-0.4, -0.2) is 43.5 Å². The van der Waals surface area contributed by atoms with Crippen LogP contribution in [0.15, 0.2) is 53.5 Å². The molecule has 166 valence electrons. The molecule has 0 atom stereocenters. The number of aliphatic imine (C=N–C) groups is 1. The molecule has 0 radical (unpaired) electrons. The standard InChI is InChI=1S/C25H34N4O2/c1-4-26-25(27-17-19-13-15-20(16-14-19)24(30)29(2)3)28-18-21-9-5-8-12-23(21)31-22-10-6-7-11-22/h5,8-9,12-16,22H,4,6-7,10-11,17-18H2,1-3H3,(H2,26,27,28). The predicted molar refractivity (Wildman–Crippen MR) is 125 cm³/mol. The van der Waals surface area contributed by atoms with Gasteiger partial charge < -0.3 is 20.3 Å². The van der Waals surface area contributed by atoms with Crippen molar-refractivity contribution in [1.82, 2.24) is 15.5 Å². The van der Waals surface area contributed by atoms with Crippen LogP contribution in [0.25, 0.3) is 0 Å². The molecular weight excluding hydrogens is 388 g/mol. The molecule has 0 heterocycles. The molecule has 1 aliphatic rings. The Kier molecular flexibility index (Phi) is 8.33. The second-order valence-electron chi connectivity index (χ2n) is 8.08. The van der Waals surface area contributed by atoms with E-state index in [0.717, 1.165) is 42.2 Å². The van der Waals surface area contributed by atoms with Gasteiger partial charge in [0.1, 0.15) is 5.75 Å². The summed E-state index contributed by atoms with van der Waals surface area (Å²) in [4.78, 5) is 18.3. The van der Waals surface area contributed by atoms with Crippen molar-refractivity contribution in [3.05, 3.63) is 65.2 Å². The van der Waals surface area contributed by atoms with E-state index in [1.165, 1.54) is 12.8 Å². The second-order valence-corrected chi connectivity index (χ2v) is 8.08. The van der Waals surface area contributed by atoms with E-state index in [1.54, 1.807) is 19.0 Å². The van der Waals surface area contributed by atoms with Gasteiger partial charge in [-0.25, -0.2) is 4.99 Å². The van der Waals surface area contributed by atoms with E-state index in [0.29, 0.717) is 24.8 Å². The average Bonchev–Trinajstić information content (AvgIpc) is 3.29. The van der Waals surface area contributed by atoms with Crippen molar-refractivity contribution in [2.24, 2.45) is 4.99 Å². The summed E-state index contributed by atoms with van der Waals surface area (Å²) in [6.07, 6.45) is 5.14. The Morgan fingerprint density at radius 3 is 2.45 bits per heavy atom. The Balaban J connectivity index is 1.61. The second kappa shape index (κ2) is 11.4. The molecule has 0 unspecified atom stereocenters. The minimum absolute atomic E-state index is 0.00328. The molecule has 3 rings (SSSR count). The van der Waals surface area contributed by atoms with Gasteiger partial charge in [-0.2, -0.15) is 0 Å². The molecule has 0 aromatic heterocycles. The van der Waals surface area contributed by atoms with Crippen molar-refractivity contribution >= 4 is 11.9 Å². The maximum absolute atomic E-state index is 12.0. The van der Waals surface area contributed by atoms with Gasteiger partial charge in [-0.3, -0.25) is 4.79 Å². The number of nitrogens with one attached hydrogen (secondary N) is 2. The van der Waals surface area contributed by atoms with E-state index in [4.69, 9.17) is 9.73 Å². The summed E-state index contributed by atoms with van der Waals surface area (Å²) in [7, 11) is 3.51. The van der Waals surface area contributed by atoms with Crippen LogP contribution in [0.4, 0.5) is 0 Å². The fourth-order valence-electron chi connectivity index (χ4n) is 3.65. The zero-order valence-corrected chi connectivity index (χ0v) is 18.9. The summed E-state index contributed by atoms with van der Waals surface area (Å²) < 4.78 is 6.24. The summed E-state index contributed by atoms with van der Waals surface area (Å²) in [5, 5.41) is 6.71. The minimum Gasteiger partial charge on any atom is -0.490 e. The summed E-state index contributed by atoms with van der Waals surface area (Å²) >= 11 is 0. The largest absolute Gasteiger partial charge is 0.490 e. The first-order chi connectivity index (χ1) is 15.1. The van der Waals surface area contributed by atoms with E-state index in [1.807, 2.05) is 36.4 Å². The number of benzene rings is 2. The Morgan fingerprint density at radius 1 is 1.06 bits per heavy atom. The molecule has 1 aliphatic carbocycles. The number of ether oxygens (including phenoxy) is 1. The molecule has 0 saturated heterocycles. The summed E-state index contributed by atoms with van der Waals surface area (Å²) in [5.74, 6) is 1.72. The lowest BCUT2D eigenvalue weighted by molar-refractivity contribution is 0.0827. The van der Waals surface area contributed by atoms with Gasteiger partial charge in [0.2, 0.25) is 0 Å². The SMILES string of the molecule is CCNC(=NCc1ccc(C(=O)N(C)C)cc1)NCc1ccccc1OC1CCCC1. The smallest absolute Gasteiger partial charge is 0.253 e. The lowest BCUT2D eigenvalue weighted by atomic mass is 10.1. The van der Waals surface area contributed by atoms with E-state index in [-0.39, 0.29) is 5.91 Å². The molecule has 0 bridgehead atoms. The molecule has 1 amide bonds. The molecule has 2 aromatic rings. The highest BCUT2D eigenvalue weighted by atomic mass is 16.5. The normalized spacial score (nSPS) is 14.4. The van der Waals surface area contributed by atoms with Crippen LogP contribution >= 0.6 is 0 Å². The van der Waals surface area contributed by atoms with Crippen LogP contribution in [-0.2, 0) is 13.1 Å². The number of para-hydroxylation sites is 1. The maximum atomic E-state index is 12.0. The monoisotopic (exact) mass is 422 g/mol. The number of guanidine groups is 1.